The molecular weight excluding hydrogens is 298 g/mol. The molecule has 0 amide bonds. The van der Waals surface area contributed by atoms with Crippen molar-refractivity contribution < 1.29 is 9.47 Å². The summed E-state index contributed by atoms with van der Waals surface area (Å²) in [7, 11) is 3.90. The zero-order valence-electron chi connectivity index (χ0n) is 14.7. The number of ether oxygens (including phenoxy) is 2. The van der Waals surface area contributed by atoms with E-state index in [2.05, 4.69) is 48.3 Å². The number of aryl methyl sites for hydroxylation is 2. The molecule has 0 N–H and O–H groups in total. The first-order valence-electron chi connectivity index (χ1n) is 8.80. The third-order valence-electron chi connectivity index (χ3n) is 4.89. The normalized spacial score (nSPS) is 17.8. The van der Waals surface area contributed by atoms with Crippen LogP contribution in [-0.4, -0.2) is 38.3 Å². The molecule has 2 aromatic carbocycles. The molecule has 0 radical (unpaired) electrons. The average molecular weight is 325 g/mol. The van der Waals surface area contributed by atoms with E-state index >= 15 is 0 Å². The van der Waals surface area contributed by atoms with E-state index in [4.69, 9.17) is 9.47 Å². The van der Waals surface area contributed by atoms with E-state index in [1.54, 1.807) is 7.11 Å². The van der Waals surface area contributed by atoms with Crippen molar-refractivity contribution in [3.8, 4) is 11.5 Å². The van der Waals surface area contributed by atoms with Crippen molar-refractivity contribution in [3.63, 3.8) is 0 Å². The maximum absolute atomic E-state index is 6.16. The van der Waals surface area contributed by atoms with Crippen molar-refractivity contribution in [1.29, 1.82) is 0 Å². The van der Waals surface area contributed by atoms with Crippen LogP contribution in [0.25, 0.3) is 0 Å². The van der Waals surface area contributed by atoms with E-state index in [9.17, 15) is 0 Å². The Morgan fingerprint density at radius 1 is 1.08 bits per heavy atom. The second-order valence-electron chi connectivity index (χ2n) is 6.55. The topological polar surface area (TPSA) is 21.7 Å². The van der Waals surface area contributed by atoms with Crippen LogP contribution in [0.5, 0.6) is 11.5 Å². The number of hydrogen-bond donors (Lipinski definition) is 0. The highest BCUT2D eigenvalue weighted by Gasteiger charge is 2.21. The fourth-order valence-corrected chi connectivity index (χ4v) is 3.33. The van der Waals surface area contributed by atoms with Crippen LogP contribution in [-0.2, 0) is 12.8 Å². The Hall–Kier alpha value is -2.00. The van der Waals surface area contributed by atoms with Gasteiger partial charge in [0.2, 0.25) is 0 Å². The molecule has 1 atom stereocenters. The van der Waals surface area contributed by atoms with Gasteiger partial charge in [-0.25, -0.2) is 0 Å². The number of rotatable bonds is 7. The van der Waals surface area contributed by atoms with Gasteiger partial charge in [-0.1, -0.05) is 30.3 Å². The van der Waals surface area contributed by atoms with Gasteiger partial charge in [-0.15, -0.1) is 0 Å². The molecule has 1 unspecified atom stereocenters. The molecule has 1 aliphatic rings. The molecule has 24 heavy (non-hydrogen) atoms. The van der Waals surface area contributed by atoms with E-state index in [0.29, 0.717) is 6.04 Å². The first-order chi connectivity index (χ1) is 11.8. The van der Waals surface area contributed by atoms with Gasteiger partial charge in [-0.05, 0) is 68.6 Å². The Morgan fingerprint density at radius 3 is 2.75 bits per heavy atom. The summed E-state index contributed by atoms with van der Waals surface area (Å²) in [6, 6.07) is 17.3. The number of likely N-dealkylation sites (tertiary alicyclic amines) is 1. The molecule has 2 aromatic rings. The maximum Gasteiger partial charge on any atom is 0.122 e. The standard InChI is InChI=1S/C21H27NO2/c1-22-14-6-9-19(22)16-24-21-11-4-3-8-18(21)13-12-17-7-5-10-20(15-17)23-2/h3-5,7-8,10-11,15,19H,6,9,12-14,16H2,1-2H3. The summed E-state index contributed by atoms with van der Waals surface area (Å²) in [5.74, 6) is 1.95. The molecule has 0 spiro atoms. The number of nitrogens with zero attached hydrogens (tertiary/aromatic N) is 1. The summed E-state index contributed by atoms with van der Waals surface area (Å²) in [4.78, 5) is 2.40. The van der Waals surface area contributed by atoms with Crippen LogP contribution in [0.15, 0.2) is 48.5 Å². The number of benzene rings is 2. The molecule has 128 valence electrons. The van der Waals surface area contributed by atoms with Gasteiger partial charge in [0.25, 0.3) is 0 Å². The van der Waals surface area contributed by atoms with Gasteiger partial charge >= 0.3 is 0 Å². The Kier molecular flexibility index (Phi) is 5.76. The largest absolute Gasteiger partial charge is 0.497 e. The van der Waals surface area contributed by atoms with Gasteiger partial charge in [0.05, 0.1) is 7.11 Å². The van der Waals surface area contributed by atoms with Crippen LogP contribution in [0.4, 0.5) is 0 Å². The van der Waals surface area contributed by atoms with Gasteiger partial charge in [0.15, 0.2) is 0 Å². The first kappa shape index (κ1) is 16.8. The van der Waals surface area contributed by atoms with Gasteiger partial charge in [0.1, 0.15) is 18.1 Å². The van der Waals surface area contributed by atoms with Crippen molar-refractivity contribution in [3.05, 3.63) is 59.7 Å². The minimum atomic E-state index is 0.552. The molecular formula is C21H27NO2. The van der Waals surface area contributed by atoms with E-state index in [-0.39, 0.29) is 0 Å². The lowest BCUT2D eigenvalue weighted by Crippen LogP contribution is -2.30. The zero-order chi connectivity index (χ0) is 16.8. The quantitative estimate of drug-likeness (QED) is 0.769. The molecule has 1 fully saturated rings. The van der Waals surface area contributed by atoms with Crippen LogP contribution in [0.1, 0.15) is 24.0 Å². The number of methoxy groups -OCH3 is 1. The highest BCUT2D eigenvalue weighted by Crippen LogP contribution is 2.23. The molecule has 1 heterocycles. The molecule has 3 nitrogen and oxygen atoms in total. The van der Waals surface area contributed by atoms with Crippen molar-refractivity contribution >= 4 is 0 Å². The Bertz CT molecular complexity index is 656. The highest BCUT2D eigenvalue weighted by atomic mass is 16.5. The van der Waals surface area contributed by atoms with Crippen LogP contribution in [0, 0.1) is 0 Å². The maximum atomic E-state index is 6.16. The number of hydrogen-bond acceptors (Lipinski definition) is 3. The minimum absolute atomic E-state index is 0.552. The van der Waals surface area contributed by atoms with Crippen molar-refractivity contribution in [2.45, 2.75) is 31.7 Å². The highest BCUT2D eigenvalue weighted by molar-refractivity contribution is 5.35. The smallest absolute Gasteiger partial charge is 0.122 e. The molecule has 0 aromatic heterocycles. The summed E-state index contributed by atoms with van der Waals surface area (Å²) in [5, 5.41) is 0. The predicted molar refractivity (Wildman–Crippen MR) is 98.0 cm³/mol. The molecule has 3 rings (SSSR count). The van der Waals surface area contributed by atoms with E-state index < -0.39 is 0 Å². The third-order valence-corrected chi connectivity index (χ3v) is 4.89. The summed E-state index contributed by atoms with van der Waals surface area (Å²) in [6.07, 6.45) is 4.48. The molecule has 0 aliphatic carbocycles. The lowest BCUT2D eigenvalue weighted by atomic mass is 10.0. The summed E-state index contributed by atoms with van der Waals surface area (Å²) >= 11 is 0. The van der Waals surface area contributed by atoms with E-state index in [1.165, 1.54) is 30.5 Å². The predicted octanol–water partition coefficient (Wildman–Crippen LogP) is 3.95. The van der Waals surface area contributed by atoms with Crippen LogP contribution in [0.2, 0.25) is 0 Å². The Labute approximate surface area is 145 Å². The Balaban J connectivity index is 1.61. The fourth-order valence-electron chi connectivity index (χ4n) is 3.33. The third kappa shape index (κ3) is 4.30. The lowest BCUT2D eigenvalue weighted by Gasteiger charge is -2.20. The SMILES string of the molecule is COc1cccc(CCc2ccccc2OCC2CCCN2C)c1. The minimum Gasteiger partial charge on any atom is -0.497 e. The van der Waals surface area contributed by atoms with Gasteiger partial charge in [-0.3, -0.25) is 0 Å². The van der Waals surface area contributed by atoms with Crippen molar-refractivity contribution in [2.75, 3.05) is 27.3 Å². The van der Waals surface area contributed by atoms with Crippen LogP contribution >= 0.6 is 0 Å². The molecule has 1 aliphatic heterocycles. The van der Waals surface area contributed by atoms with Gasteiger partial charge in [-0.2, -0.15) is 0 Å². The Morgan fingerprint density at radius 2 is 1.96 bits per heavy atom. The summed E-state index contributed by atoms with van der Waals surface area (Å²) < 4.78 is 11.5. The van der Waals surface area contributed by atoms with E-state index in [1.807, 2.05) is 12.1 Å². The molecule has 3 heteroatoms. The molecule has 0 saturated carbocycles. The average Bonchev–Trinajstić information content (AvgIpc) is 3.04. The van der Waals surface area contributed by atoms with Crippen molar-refractivity contribution in [1.82, 2.24) is 4.90 Å². The van der Waals surface area contributed by atoms with Crippen LogP contribution < -0.4 is 9.47 Å². The zero-order valence-corrected chi connectivity index (χ0v) is 14.7. The molecule has 1 saturated heterocycles. The van der Waals surface area contributed by atoms with Gasteiger partial charge < -0.3 is 14.4 Å². The second kappa shape index (κ2) is 8.20. The second-order valence-corrected chi connectivity index (χ2v) is 6.55. The van der Waals surface area contributed by atoms with Crippen molar-refractivity contribution in [2.24, 2.45) is 0 Å². The number of para-hydroxylation sites is 1. The number of likely N-dealkylation sites (N-methyl/N-ethyl adjacent to an activating group) is 1. The monoisotopic (exact) mass is 325 g/mol. The van der Waals surface area contributed by atoms with Crippen LogP contribution in [0.3, 0.4) is 0 Å². The molecule has 0 bridgehead atoms. The first-order valence-corrected chi connectivity index (χ1v) is 8.80. The fraction of sp³-hybridized carbons (Fsp3) is 0.429. The lowest BCUT2D eigenvalue weighted by molar-refractivity contribution is 0.197. The summed E-state index contributed by atoms with van der Waals surface area (Å²) in [6.45, 7) is 1.97. The van der Waals surface area contributed by atoms with E-state index in [0.717, 1.165) is 30.9 Å². The van der Waals surface area contributed by atoms with Gasteiger partial charge in [0, 0.05) is 6.04 Å². The summed E-state index contributed by atoms with van der Waals surface area (Å²) in [5.41, 5.74) is 2.57.